The molecule has 0 spiro atoms. The molecule has 17 heavy (non-hydrogen) atoms. The first-order valence-corrected chi connectivity index (χ1v) is 5.39. The van der Waals surface area contributed by atoms with Crippen molar-refractivity contribution in [1.82, 2.24) is 5.48 Å². The average Bonchev–Trinajstić information content (AvgIpc) is 2.34. The second kappa shape index (κ2) is 7.21. The summed E-state index contributed by atoms with van der Waals surface area (Å²) in [7, 11) is 3.10. The fourth-order valence-electron chi connectivity index (χ4n) is 1.48. The van der Waals surface area contributed by atoms with E-state index in [1.807, 2.05) is 0 Å². The zero-order chi connectivity index (χ0) is 12.7. The van der Waals surface area contributed by atoms with Crippen molar-refractivity contribution >= 4 is 0 Å². The second-order valence-electron chi connectivity index (χ2n) is 3.54. The molecule has 4 nitrogen and oxygen atoms in total. The van der Waals surface area contributed by atoms with Crippen LogP contribution in [0.3, 0.4) is 0 Å². The third-order valence-electron chi connectivity index (χ3n) is 2.32. The maximum absolute atomic E-state index is 13.7. The van der Waals surface area contributed by atoms with Gasteiger partial charge in [-0.1, -0.05) is 6.07 Å². The van der Waals surface area contributed by atoms with Gasteiger partial charge in [0.2, 0.25) is 0 Å². The van der Waals surface area contributed by atoms with E-state index < -0.39 is 0 Å². The first kappa shape index (κ1) is 13.9. The van der Waals surface area contributed by atoms with Gasteiger partial charge in [0.05, 0.1) is 26.4 Å². The predicted molar refractivity (Wildman–Crippen MR) is 62.3 cm³/mol. The lowest BCUT2D eigenvalue weighted by Gasteiger charge is -2.17. The summed E-state index contributed by atoms with van der Waals surface area (Å²) in [4.78, 5) is 5.15. The summed E-state index contributed by atoms with van der Waals surface area (Å²) in [5.41, 5.74) is 3.20. The van der Waals surface area contributed by atoms with Gasteiger partial charge in [0.1, 0.15) is 11.6 Å². The van der Waals surface area contributed by atoms with Crippen LogP contribution in [0, 0.1) is 5.82 Å². The maximum atomic E-state index is 13.7. The molecule has 0 amide bonds. The molecule has 1 unspecified atom stereocenters. The molecule has 0 heterocycles. The minimum absolute atomic E-state index is 0.303. The number of methoxy groups -OCH3 is 2. The molecule has 0 fully saturated rings. The highest BCUT2D eigenvalue weighted by molar-refractivity contribution is 5.36. The normalized spacial score (nSPS) is 12.5. The lowest BCUT2D eigenvalue weighted by molar-refractivity contribution is -0.0101. The van der Waals surface area contributed by atoms with Crippen molar-refractivity contribution in [3.05, 3.63) is 29.6 Å². The van der Waals surface area contributed by atoms with Gasteiger partial charge < -0.3 is 9.47 Å². The number of hydroxylamine groups is 1. The Balaban J connectivity index is 2.64. The fourth-order valence-corrected chi connectivity index (χ4v) is 1.48. The van der Waals surface area contributed by atoms with Gasteiger partial charge in [-0.2, -0.15) is 5.48 Å². The second-order valence-corrected chi connectivity index (χ2v) is 3.54. The smallest absolute Gasteiger partial charge is 0.131 e. The quantitative estimate of drug-likeness (QED) is 0.588. The molecular weight excluding hydrogens is 225 g/mol. The Morgan fingerprint density at radius 1 is 1.29 bits per heavy atom. The van der Waals surface area contributed by atoms with Crippen LogP contribution in [0.1, 0.15) is 18.5 Å². The largest absolute Gasteiger partial charge is 0.496 e. The van der Waals surface area contributed by atoms with Gasteiger partial charge in [0.25, 0.3) is 0 Å². The molecule has 0 radical (unpaired) electrons. The minimum atomic E-state index is -0.320. The molecule has 0 aromatic heterocycles. The van der Waals surface area contributed by atoms with Crippen LogP contribution in [0.4, 0.5) is 4.39 Å². The van der Waals surface area contributed by atoms with E-state index in [4.69, 9.17) is 14.3 Å². The van der Waals surface area contributed by atoms with Gasteiger partial charge >= 0.3 is 0 Å². The molecule has 1 aromatic rings. The monoisotopic (exact) mass is 243 g/mol. The third kappa shape index (κ3) is 3.96. The molecule has 1 rings (SSSR count). The van der Waals surface area contributed by atoms with Gasteiger partial charge in [-0.25, -0.2) is 4.39 Å². The Morgan fingerprint density at radius 3 is 2.71 bits per heavy atom. The van der Waals surface area contributed by atoms with Gasteiger partial charge in [-0.05, 0) is 19.1 Å². The molecule has 0 aliphatic carbocycles. The summed E-state index contributed by atoms with van der Waals surface area (Å²) in [6, 6.07) is 4.41. The van der Waals surface area contributed by atoms with Gasteiger partial charge in [-0.15, -0.1) is 0 Å². The Hall–Kier alpha value is -1.17. The number of benzene rings is 1. The summed E-state index contributed by atoms with van der Waals surface area (Å²) in [6.45, 7) is 2.68. The molecule has 1 N–H and O–H groups in total. The van der Waals surface area contributed by atoms with Crippen molar-refractivity contribution in [3.8, 4) is 5.75 Å². The fraction of sp³-hybridized carbons (Fsp3) is 0.500. The highest BCUT2D eigenvalue weighted by Crippen LogP contribution is 2.27. The van der Waals surface area contributed by atoms with Crippen LogP contribution in [-0.2, 0) is 9.57 Å². The Labute approximate surface area is 101 Å². The van der Waals surface area contributed by atoms with E-state index in [2.05, 4.69) is 5.48 Å². The summed E-state index contributed by atoms with van der Waals surface area (Å²) >= 11 is 0. The number of nitrogens with one attached hydrogen (secondary N) is 1. The summed E-state index contributed by atoms with van der Waals surface area (Å²) in [5, 5.41) is 0. The Kier molecular flexibility index (Phi) is 5.90. The van der Waals surface area contributed by atoms with Gasteiger partial charge in [0.15, 0.2) is 0 Å². The van der Waals surface area contributed by atoms with Crippen molar-refractivity contribution in [3.63, 3.8) is 0 Å². The van der Waals surface area contributed by atoms with Crippen molar-refractivity contribution in [1.29, 1.82) is 0 Å². The standard InChI is InChI=1S/C12H18FNO3/c1-9(14-17-8-7-15-2)12-10(13)5-4-6-11(12)16-3/h4-6,9,14H,7-8H2,1-3H3. The van der Waals surface area contributed by atoms with E-state index >= 15 is 0 Å². The molecular formula is C12H18FNO3. The van der Waals surface area contributed by atoms with Crippen LogP contribution >= 0.6 is 0 Å². The maximum Gasteiger partial charge on any atom is 0.131 e. The van der Waals surface area contributed by atoms with Gasteiger partial charge in [-0.3, -0.25) is 4.84 Å². The van der Waals surface area contributed by atoms with E-state index in [9.17, 15) is 4.39 Å². The summed E-state index contributed by atoms with van der Waals surface area (Å²) in [5.74, 6) is 0.181. The average molecular weight is 243 g/mol. The van der Waals surface area contributed by atoms with Crippen LogP contribution in [0.2, 0.25) is 0 Å². The molecule has 1 aromatic carbocycles. The van der Waals surface area contributed by atoms with Crippen LogP contribution in [0.25, 0.3) is 0 Å². The first-order chi connectivity index (χ1) is 8.20. The van der Waals surface area contributed by atoms with Crippen molar-refractivity contribution in [2.24, 2.45) is 0 Å². The van der Waals surface area contributed by atoms with E-state index in [-0.39, 0.29) is 11.9 Å². The van der Waals surface area contributed by atoms with Crippen LogP contribution in [0.5, 0.6) is 5.75 Å². The summed E-state index contributed by atoms with van der Waals surface area (Å²) in [6.07, 6.45) is 0. The number of rotatable bonds is 7. The van der Waals surface area contributed by atoms with E-state index in [1.165, 1.54) is 13.2 Å². The first-order valence-electron chi connectivity index (χ1n) is 5.39. The molecule has 0 bridgehead atoms. The Morgan fingerprint density at radius 2 is 2.06 bits per heavy atom. The minimum Gasteiger partial charge on any atom is -0.496 e. The van der Waals surface area contributed by atoms with Crippen molar-refractivity contribution in [2.45, 2.75) is 13.0 Å². The van der Waals surface area contributed by atoms with Crippen LogP contribution < -0.4 is 10.2 Å². The van der Waals surface area contributed by atoms with E-state index in [1.54, 1.807) is 26.2 Å². The molecule has 0 saturated carbocycles. The highest BCUT2D eigenvalue weighted by Gasteiger charge is 2.16. The lowest BCUT2D eigenvalue weighted by Crippen LogP contribution is -2.22. The molecule has 0 aliphatic heterocycles. The number of hydrogen-bond acceptors (Lipinski definition) is 4. The third-order valence-corrected chi connectivity index (χ3v) is 2.32. The number of ether oxygens (including phenoxy) is 2. The van der Waals surface area contributed by atoms with E-state index in [0.29, 0.717) is 24.5 Å². The van der Waals surface area contributed by atoms with Crippen LogP contribution in [0.15, 0.2) is 18.2 Å². The van der Waals surface area contributed by atoms with Crippen molar-refractivity contribution in [2.75, 3.05) is 27.4 Å². The molecule has 1 atom stereocenters. The zero-order valence-electron chi connectivity index (χ0n) is 10.3. The molecule has 5 heteroatoms. The Bertz CT molecular complexity index is 347. The highest BCUT2D eigenvalue weighted by atomic mass is 19.1. The number of hydrogen-bond donors (Lipinski definition) is 1. The predicted octanol–water partition coefficient (Wildman–Crippen LogP) is 2.06. The molecule has 96 valence electrons. The molecule has 0 saturated heterocycles. The van der Waals surface area contributed by atoms with Crippen LogP contribution in [-0.4, -0.2) is 27.4 Å². The number of halogens is 1. The lowest BCUT2D eigenvalue weighted by atomic mass is 10.1. The van der Waals surface area contributed by atoms with Crippen molar-refractivity contribution < 1.29 is 18.7 Å². The van der Waals surface area contributed by atoms with E-state index in [0.717, 1.165) is 0 Å². The molecule has 0 aliphatic rings. The SMILES string of the molecule is COCCONC(C)c1c(F)cccc1OC. The summed E-state index contributed by atoms with van der Waals surface area (Å²) < 4.78 is 23.6. The zero-order valence-corrected chi connectivity index (χ0v) is 10.3. The topological polar surface area (TPSA) is 39.7 Å². The van der Waals surface area contributed by atoms with Gasteiger partial charge in [0, 0.05) is 12.7 Å².